The van der Waals surface area contributed by atoms with Crippen LogP contribution in [0, 0.1) is 0 Å². The third kappa shape index (κ3) is 1.57. The Kier molecular flexibility index (Phi) is 2.59. The zero-order valence-corrected chi connectivity index (χ0v) is 8.94. The number of alkyl halides is 1. The van der Waals surface area contributed by atoms with Gasteiger partial charge in [-0.3, -0.25) is 14.5 Å². The third-order valence-electron chi connectivity index (χ3n) is 2.32. The highest BCUT2D eigenvalue weighted by Crippen LogP contribution is 2.37. The van der Waals surface area contributed by atoms with Crippen LogP contribution in [-0.4, -0.2) is 29.1 Å². The predicted octanol–water partition coefficient (Wildman–Crippen LogP) is 1.25. The first-order valence-corrected chi connectivity index (χ1v) is 4.86. The quantitative estimate of drug-likeness (QED) is 0.639. The maximum Gasteiger partial charge on any atom is 0.360 e. The van der Waals surface area contributed by atoms with Crippen molar-refractivity contribution in [3.05, 3.63) is 28.8 Å². The van der Waals surface area contributed by atoms with Gasteiger partial charge in [0.25, 0.3) is 12.1 Å². The zero-order valence-electron chi connectivity index (χ0n) is 8.18. The number of halogens is 2. The van der Waals surface area contributed by atoms with Gasteiger partial charge in [-0.25, -0.2) is 9.18 Å². The van der Waals surface area contributed by atoms with Gasteiger partial charge in [0, 0.05) is 0 Å². The number of hydrogen-bond acceptors (Lipinski definition) is 3. The minimum absolute atomic E-state index is 0.0504. The minimum Gasteiger partial charge on any atom is -0.478 e. The first-order valence-electron chi connectivity index (χ1n) is 4.48. The molecular weight excluding hydrogens is 253 g/mol. The molecule has 0 aliphatic carbocycles. The van der Waals surface area contributed by atoms with E-state index in [9.17, 15) is 18.8 Å². The molecule has 7 heteroatoms. The summed E-state index contributed by atoms with van der Waals surface area (Å²) in [4.78, 5) is 33.7. The Morgan fingerprint density at radius 2 is 2.06 bits per heavy atom. The molecule has 1 aromatic rings. The lowest BCUT2D eigenvalue weighted by Crippen LogP contribution is -2.41. The number of hydrogen-bond donors (Lipinski definition) is 1. The molecule has 1 unspecified atom stereocenters. The zero-order chi connectivity index (χ0) is 12.7. The molecule has 0 fully saturated rings. The first kappa shape index (κ1) is 11.5. The van der Waals surface area contributed by atoms with Crippen LogP contribution in [0.5, 0.6) is 0 Å². The van der Waals surface area contributed by atoms with Crippen molar-refractivity contribution in [3.8, 4) is 0 Å². The number of carboxylic acids is 1. The molecule has 1 N–H and O–H groups in total. The van der Waals surface area contributed by atoms with E-state index in [1.54, 1.807) is 0 Å². The molecule has 0 aromatic heterocycles. The van der Waals surface area contributed by atoms with Crippen molar-refractivity contribution >= 4 is 34.9 Å². The molecule has 0 radical (unpaired) electrons. The summed E-state index contributed by atoms with van der Waals surface area (Å²) >= 11 is 5.74. The predicted molar refractivity (Wildman–Crippen MR) is 55.8 cm³/mol. The number of aliphatic carboxylic acids is 1. The molecule has 0 saturated carbocycles. The van der Waals surface area contributed by atoms with E-state index in [1.165, 1.54) is 18.2 Å². The van der Waals surface area contributed by atoms with Gasteiger partial charge in [-0.05, 0) is 12.1 Å². The Bertz CT molecular complexity index is 545. The average Bonchev–Trinajstić information content (AvgIpc) is 2.53. The summed E-state index contributed by atoms with van der Waals surface area (Å²) in [5, 5.41) is 8.49. The lowest BCUT2D eigenvalue weighted by molar-refractivity contribution is -0.144. The van der Waals surface area contributed by atoms with Gasteiger partial charge in [-0.1, -0.05) is 17.7 Å². The van der Waals surface area contributed by atoms with Crippen LogP contribution in [0.15, 0.2) is 18.2 Å². The molecule has 1 heterocycles. The number of fused-ring (bicyclic) bond motifs is 1. The monoisotopic (exact) mass is 257 g/mol. The summed E-state index contributed by atoms with van der Waals surface area (Å²) < 4.78 is 13.4. The lowest BCUT2D eigenvalue weighted by Gasteiger charge is -2.18. The molecule has 1 aliphatic heterocycles. The smallest absolute Gasteiger partial charge is 0.360 e. The summed E-state index contributed by atoms with van der Waals surface area (Å²) in [6.07, 6.45) is -2.63. The Morgan fingerprint density at radius 1 is 1.41 bits per heavy atom. The molecule has 1 aromatic carbocycles. The van der Waals surface area contributed by atoms with E-state index >= 15 is 0 Å². The SMILES string of the molecule is O=C1C(=O)N(C(F)C(=O)O)c2c(Cl)cccc21. The number of nitrogens with zero attached hydrogens (tertiary/aromatic N) is 1. The number of rotatable bonds is 2. The summed E-state index contributed by atoms with van der Waals surface area (Å²) in [5.74, 6) is -4.06. The van der Waals surface area contributed by atoms with Gasteiger partial charge in [0.05, 0.1) is 16.3 Å². The summed E-state index contributed by atoms with van der Waals surface area (Å²) in [6, 6.07) is 4.05. The van der Waals surface area contributed by atoms with E-state index in [0.717, 1.165) is 0 Å². The lowest BCUT2D eigenvalue weighted by atomic mass is 10.1. The van der Waals surface area contributed by atoms with Gasteiger partial charge in [-0.15, -0.1) is 0 Å². The minimum atomic E-state index is -2.63. The number of ketones is 1. The summed E-state index contributed by atoms with van der Waals surface area (Å²) in [5.41, 5.74) is -0.287. The van der Waals surface area contributed by atoms with Crippen molar-refractivity contribution in [2.45, 2.75) is 6.30 Å². The number of carboxylic acid groups (broad SMARTS) is 1. The van der Waals surface area contributed by atoms with Crippen LogP contribution in [0.4, 0.5) is 10.1 Å². The van der Waals surface area contributed by atoms with Crippen LogP contribution < -0.4 is 4.90 Å². The maximum absolute atomic E-state index is 13.4. The van der Waals surface area contributed by atoms with Crippen molar-refractivity contribution in [2.75, 3.05) is 4.90 Å². The van der Waals surface area contributed by atoms with E-state index in [-0.39, 0.29) is 21.2 Å². The number of Topliss-reactive ketones (excluding diaryl/α,β-unsaturated/α-hetero) is 1. The summed E-state index contributed by atoms with van der Waals surface area (Å²) in [7, 11) is 0. The second kappa shape index (κ2) is 3.81. The van der Waals surface area contributed by atoms with Crippen LogP contribution >= 0.6 is 11.6 Å². The number of carbonyl (C=O) groups is 3. The van der Waals surface area contributed by atoms with Gasteiger partial charge in [0.2, 0.25) is 0 Å². The molecular formula is C10H5ClFNO4. The fourth-order valence-electron chi connectivity index (χ4n) is 1.60. The molecule has 1 aliphatic rings. The Hall–Kier alpha value is -1.95. The van der Waals surface area contributed by atoms with E-state index in [4.69, 9.17) is 16.7 Å². The highest BCUT2D eigenvalue weighted by Gasteiger charge is 2.44. The fraction of sp³-hybridized carbons (Fsp3) is 0.100. The largest absolute Gasteiger partial charge is 0.478 e. The van der Waals surface area contributed by atoms with E-state index in [1.807, 2.05) is 0 Å². The molecule has 1 atom stereocenters. The van der Waals surface area contributed by atoms with Gasteiger partial charge < -0.3 is 5.11 Å². The van der Waals surface area contributed by atoms with E-state index in [2.05, 4.69) is 0 Å². The number of carbonyl (C=O) groups excluding carboxylic acids is 2. The third-order valence-corrected chi connectivity index (χ3v) is 2.62. The van der Waals surface area contributed by atoms with Crippen molar-refractivity contribution in [1.29, 1.82) is 0 Å². The Labute approximate surface area is 99.4 Å². The summed E-state index contributed by atoms with van der Waals surface area (Å²) in [6.45, 7) is 0. The number of amides is 1. The maximum atomic E-state index is 13.4. The number of anilines is 1. The molecule has 0 bridgehead atoms. The molecule has 5 nitrogen and oxygen atoms in total. The topological polar surface area (TPSA) is 74.7 Å². The normalized spacial score (nSPS) is 16.0. The second-order valence-electron chi connectivity index (χ2n) is 3.31. The molecule has 2 rings (SSSR count). The van der Waals surface area contributed by atoms with E-state index in [0.29, 0.717) is 0 Å². The fourth-order valence-corrected chi connectivity index (χ4v) is 1.86. The standard InChI is InChI=1S/C10H5ClFNO4/c11-5-3-1-2-4-6(5)13(8(12)10(16)17)9(15)7(4)14/h1-3,8H,(H,16,17). The number of benzene rings is 1. The van der Waals surface area contributed by atoms with Crippen molar-refractivity contribution < 1.29 is 23.9 Å². The molecule has 1 amide bonds. The molecule has 88 valence electrons. The second-order valence-corrected chi connectivity index (χ2v) is 3.72. The Morgan fingerprint density at radius 3 is 2.65 bits per heavy atom. The van der Waals surface area contributed by atoms with Crippen molar-refractivity contribution in [2.24, 2.45) is 0 Å². The van der Waals surface area contributed by atoms with Crippen LogP contribution in [-0.2, 0) is 9.59 Å². The molecule has 17 heavy (non-hydrogen) atoms. The van der Waals surface area contributed by atoms with Gasteiger partial charge in [-0.2, -0.15) is 0 Å². The molecule has 0 saturated heterocycles. The van der Waals surface area contributed by atoms with Gasteiger partial charge in [0.1, 0.15) is 0 Å². The van der Waals surface area contributed by atoms with Crippen molar-refractivity contribution in [1.82, 2.24) is 0 Å². The van der Waals surface area contributed by atoms with Crippen molar-refractivity contribution in [3.63, 3.8) is 0 Å². The average molecular weight is 258 g/mol. The van der Waals surface area contributed by atoms with Crippen LogP contribution in [0.2, 0.25) is 5.02 Å². The van der Waals surface area contributed by atoms with Gasteiger partial charge in [0.15, 0.2) is 0 Å². The highest BCUT2D eigenvalue weighted by molar-refractivity contribution is 6.54. The van der Waals surface area contributed by atoms with Gasteiger partial charge >= 0.3 is 11.9 Å². The van der Waals surface area contributed by atoms with Crippen LogP contribution in [0.1, 0.15) is 10.4 Å². The Balaban J connectivity index is 2.62. The highest BCUT2D eigenvalue weighted by atomic mass is 35.5. The van der Waals surface area contributed by atoms with Crippen LogP contribution in [0.3, 0.4) is 0 Å². The number of para-hydroxylation sites is 1. The first-order chi connectivity index (χ1) is 7.95. The molecule has 0 spiro atoms. The van der Waals surface area contributed by atoms with E-state index < -0.39 is 24.0 Å². The van der Waals surface area contributed by atoms with Crippen LogP contribution in [0.25, 0.3) is 0 Å².